The molecule has 0 aromatic carbocycles. The minimum Gasteiger partial charge on any atom is -0.467 e. The topological polar surface area (TPSA) is 31.6 Å². The maximum atomic E-state index is 5.65. The summed E-state index contributed by atoms with van der Waals surface area (Å²) in [6.07, 6.45) is 9.97. The first-order valence-corrected chi connectivity index (χ1v) is 7.62. The van der Waals surface area contributed by atoms with Gasteiger partial charge in [0.15, 0.2) is 0 Å². The lowest BCUT2D eigenvalue weighted by atomic mass is 10.1. The third-order valence-corrected chi connectivity index (χ3v) is 3.36. The highest BCUT2D eigenvalue weighted by Crippen LogP contribution is 2.24. The number of methoxy groups -OCH3 is 1. The zero-order chi connectivity index (χ0) is 13.8. The van der Waals surface area contributed by atoms with Crippen LogP contribution in [0.4, 0.5) is 0 Å². The van der Waals surface area contributed by atoms with Crippen molar-refractivity contribution in [2.45, 2.75) is 51.0 Å². The van der Waals surface area contributed by atoms with Crippen LogP contribution < -0.4 is 0 Å². The van der Waals surface area contributed by atoms with E-state index in [0.717, 1.165) is 30.9 Å². The van der Waals surface area contributed by atoms with Crippen LogP contribution in [0.5, 0.6) is 0 Å². The molecule has 3 nitrogen and oxygen atoms in total. The van der Waals surface area contributed by atoms with Gasteiger partial charge in [-0.05, 0) is 25.0 Å². The molecule has 0 aliphatic heterocycles. The van der Waals surface area contributed by atoms with E-state index in [4.69, 9.17) is 25.5 Å². The second kappa shape index (κ2) is 11.3. The molecule has 0 radical (unpaired) electrons. The molecule has 19 heavy (non-hydrogen) atoms. The average Bonchev–Trinajstić information content (AvgIpc) is 2.95. The first kappa shape index (κ1) is 16.5. The summed E-state index contributed by atoms with van der Waals surface area (Å²) in [6.45, 7) is 0.307. The van der Waals surface area contributed by atoms with Gasteiger partial charge in [-0.25, -0.2) is 0 Å². The van der Waals surface area contributed by atoms with Crippen molar-refractivity contribution >= 4 is 11.6 Å². The number of unbranched alkanes of at least 4 members (excludes halogenated alkanes) is 5. The van der Waals surface area contributed by atoms with E-state index in [0.29, 0.717) is 6.79 Å². The smallest absolute Gasteiger partial charge is 0.147 e. The van der Waals surface area contributed by atoms with Crippen molar-refractivity contribution in [1.82, 2.24) is 0 Å². The Bertz CT molecular complexity index is 288. The van der Waals surface area contributed by atoms with E-state index in [1.807, 2.05) is 12.1 Å². The Morgan fingerprint density at radius 1 is 1.16 bits per heavy atom. The fourth-order valence-corrected chi connectivity index (χ4v) is 2.25. The van der Waals surface area contributed by atoms with Gasteiger partial charge in [0.1, 0.15) is 18.7 Å². The lowest BCUT2D eigenvalue weighted by Crippen LogP contribution is -2.06. The number of furan rings is 1. The molecule has 1 aromatic rings. The van der Waals surface area contributed by atoms with Gasteiger partial charge in [0.2, 0.25) is 0 Å². The number of halogens is 1. The van der Waals surface area contributed by atoms with E-state index >= 15 is 0 Å². The molecule has 0 bridgehead atoms. The van der Waals surface area contributed by atoms with Gasteiger partial charge in [0, 0.05) is 13.0 Å². The molecule has 0 aliphatic rings. The van der Waals surface area contributed by atoms with Crippen molar-refractivity contribution in [2.75, 3.05) is 19.8 Å². The molecule has 0 saturated heterocycles. The Morgan fingerprint density at radius 2 is 1.89 bits per heavy atom. The van der Waals surface area contributed by atoms with E-state index in [2.05, 4.69) is 0 Å². The van der Waals surface area contributed by atoms with Crippen molar-refractivity contribution < 1.29 is 13.9 Å². The van der Waals surface area contributed by atoms with Crippen LogP contribution >= 0.6 is 11.6 Å². The highest BCUT2D eigenvalue weighted by Gasteiger charge is 2.14. The molecule has 0 N–H and O–H groups in total. The summed E-state index contributed by atoms with van der Waals surface area (Å²) in [7, 11) is 1.63. The second-order valence-corrected chi connectivity index (χ2v) is 5.05. The van der Waals surface area contributed by atoms with E-state index in [9.17, 15) is 0 Å². The van der Waals surface area contributed by atoms with Crippen LogP contribution in [0.1, 0.15) is 56.8 Å². The fraction of sp³-hybridized carbons (Fsp3) is 0.733. The van der Waals surface area contributed by atoms with E-state index in [-0.39, 0.29) is 6.10 Å². The Kier molecular flexibility index (Phi) is 9.86. The van der Waals surface area contributed by atoms with Crippen LogP contribution in [0, 0.1) is 0 Å². The first-order chi connectivity index (χ1) is 9.38. The van der Waals surface area contributed by atoms with Crippen LogP contribution in [-0.2, 0) is 9.47 Å². The molecule has 0 unspecified atom stereocenters. The summed E-state index contributed by atoms with van der Waals surface area (Å²) >= 11 is 5.65. The molecule has 0 fully saturated rings. The predicted molar refractivity (Wildman–Crippen MR) is 77.4 cm³/mol. The summed E-state index contributed by atoms with van der Waals surface area (Å²) in [5, 5.41) is 0. The number of rotatable bonds is 12. The average molecular weight is 289 g/mol. The maximum absolute atomic E-state index is 5.65. The van der Waals surface area contributed by atoms with E-state index in [1.165, 1.54) is 25.7 Å². The molecule has 0 amide bonds. The van der Waals surface area contributed by atoms with Crippen LogP contribution in [0.2, 0.25) is 0 Å². The number of ether oxygens (including phenoxy) is 2. The number of hydrogen-bond donors (Lipinski definition) is 0. The number of alkyl halides is 1. The highest BCUT2D eigenvalue weighted by molar-refractivity contribution is 6.17. The van der Waals surface area contributed by atoms with Gasteiger partial charge in [0.25, 0.3) is 0 Å². The Hall–Kier alpha value is -0.510. The van der Waals surface area contributed by atoms with Crippen LogP contribution in [-0.4, -0.2) is 19.8 Å². The molecule has 1 heterocycles. The first-order valence-electron chi connectivity index (χ1n) is 7.08. The van der Waals surface area contributed by atoms with Crippen molar-refractivity contribution in [1.29, 1.82) is 0 Å². The quantitative estimate of drug-likeness (QED) is 0.311. The van der Waals surface area contributed by atoms with Crippen LogP contribution in [0.15, 0.2) is 22.8 Å². The molecule has 0 spiro atoms. The summed E-state index contributed by atoms with van der Waals surface area (Å²) in [6, 6.07) is 3.85. The Balaban J connectivity index is 2.15. The normalized spacial score (nSPS) is 12.7. The molecule has 1 rings (SSSR count). The highest BCUT2D eigenvalue weighted by atomic mass is 35.5. The molecule has 1 aromatic heterocycles. The predicted octanol–water partition coefficient (Wildman–Crippen LogP) is 4.91. The Labute approximate surface area is 121 Å². The van der Waals surface area contributed by atoms with E-state index in [1.54, 1.807) is 13.4 Å². The molecule has 0 aliphatic carbocycles. The Morgan fingerprint density at radius 3 is 2.53 bits per heavy atom. The van der Waals surface area contributed by atoms with Gasteiger partial charge in [-0.1, -0.05) is 32.1 Å². The van der Waals surface area contributed by atoms with Crippen molar-refractivity contribution in [3.05, 3.63) is 24.2 Å². The van der Waals surface area contributed by atoms with Gasteiger partial charge in [-0.15, -0.1) is 11.6 Å². The lowest BCUT2D eigenvalue weighted by molar-refractivity contribution is -0.0829. The van der Waals surface area contributed by atoms with E-state index < -0.39 is 0 Å². The van der Waals surface area contributed by atoms with Crippen LogP contribution in [0.3, 0.4) is 0 Å². The van der Waals surface area contributed by atoms with Gasteiger partial charge >= 0.3 is 0 Å². The monoisotopic (exact) mass is 288 g/mol. The minimum absolute atomic E-state index is 0.0118. The molecular formula is C15H25ClO3. The summed E-state index contributed by atoms with van der Waals surface area (Å²) in [5.41, 5.74) is 0. The third-order valence-electron chi connectivity index (χ3n) is 3.10. The second-order valence-electron chi connectivity index (χ2n) is 4.68. The zero-order valence-electron chi connectivity index (χ0n) is 11.8. The third kappa shape index (κ3) is 7.61. The van der Waals surface area contributed by atoms with Crippen molar-refractivity contribution in [2.24, 2.45) is 0 Å². The van der Waals surface area contributed by atoms with Crippen LogP contribution in [0.25, 0.3) is 0 Å². The maximum Gasteiger partial charge on any atom is 0.147 e. The molecule has 110 valence electrons. The SMILES string of the molecule is COCO[C@@H](CCCCCCCCCl)c1ccco1. The van der Waals surface area contributed by atoms with Crippen molar-refractivity contribution in [3.8, 4) is 0 Å². The standard InChI is InChI=1S/C15H25ClO3/c1-17-13-19-15(14-10-8-12-18-14)9-6-4-2-3-5-7-11-16/h8,10,12,15H,2-7,9,11,13H2,1H3/t15-/m0/s1. The summed E-state index contributed by atoms with van der Waals surface area (Å²) in [5.74, 6) is 1.67. The van der Waals surface area contributed by atoms with Gasteiger partial charge in [-0.3, -0.25) is 0 Å². The molecular weight excluding hydrogens is 264 g/mol. The van der Waals surface area contributed by atoms with Gasteiger partial charge in [0.05, 0.1) is 6.26 Å². The van der Waals surface area contributed by atoms with Gasteiger partial charge < -0.3 is 13.9 Å². The lowest BCUT2D eigenvalue weighted by Gasteiger charge is -2.15. The van der Waals surface area contributed by atoms with Crippen molar-refractivity contribution in [3.63, 3.8) is 0 Å². The fourth-order valence-electron chi connectivity index (χ4n) is 2.06. The molecule has 0 saturated carbocycles. The largest absolute Gasteiger partial charge is 0.467 e. The summed E-state index contributed by atoms with van der Waals surface area (Å²) < 4.78 is 16.0. The van der Waals surface area contributed by atoms with Gasteiger partial charge in [-0.2, -0.15) is 0 Å². The number of hydrogen-bond acceptors (Lipinski definition) is 3. The molecule has 4 heteroatoms. The zero-order valence-corrected chi connectivity index (χ0v) is 12.5. The molecule has 1 atom stereocenters. The minimum atomic E-state index is 0.0118. The summed E-state index contributed by atoms with van der Waals surface area (Å²) in [4.78, 5) is 0.